The Labute approximate surface area is 175 Å². The number of hydrogen-bond donors (Lipinski definition) is 1. The number of carbonyl (C=O) groups is 1. The summed E-state index contributed by atoms with van der Waals surface area (Å²) in [6.45, 7) is 1.01. The maximum absolute atomic E-state index is 13.0. The second kappa shape index (κ2) is 7.16. The van der Waals surface area contributed by atoms with Crippen LogP contribution in [0, 0.1) is 0 Å². The molecular weight excluding hydrogens is 407 g/mol. The molecule has 3 aromatic carbocycles. The minimum absolute atomic E-state index is 0.0930. The number of aromatic nitrogens is 2. The van der Waals surface area contributed by atoms with Crippen LogP contribution >= 0.6 is 0 Å². The topological polar surface area (TPSA) is 56.2 Å². The van der Waals surface area contributed by atoms with Gasteiger partial charge < -0.3 is 14.6 Å². The summed E-state index contributed by atoms with van der Waals surface area (Å²) in [7, 11) is 0. The lowest BCUT2D eigenvalue weighted by molar-refractivity contribution is -0.137. The van der Waals surface area contributed by atoms with Gasteiger partial charge in [0.05, 0.1) is 22.2 Å². The second-order valence-corrected chi connectivity index (χ2v) is 7.17. The minimum atomic E-state index is -4.44. The van der Waals surface area contributed by atoms with Crippen LogP contribution < -0.4 is 10.1 Å². The van der Waals surface area contributed by atoms with Crippen molar-refractivity contribution in [1.29, 1.82) is 0 Å². The third kappa shape index (κ3) is 3.50. The molecule has 0 atom stereocenters. The second-order valence-electron chi connectivity index (χ2n) is 7.17. The predicted octanol–water partition coefficient (Wildman–Crippen LogP) is 5.26. The van der Waals surface area contributed by atoms with Crippen LogP contribution in [0.3, 0.4) is 0 Å². The number of amides is 1. The highest BCUT2D eigenvalue weighted by Crippen LogP contribution is 2.34. The average molecular weight is 423 g/mol. The van der Waals surface area contributed by atoms with Gasteiger partial charge in [-0.25, -0.2) is 4.98 Å². The van der Waals surface area contributed by atoms with Crippen LogP contribution in [0.2, 0.25) is 0 Å². The van der Waals surface area contributed by atoms with Gasteiger partial charge in [-0.1, -0.05) is 24.3 Å². The lowest BCUT2D eigenvalue weighted by Crippen LogP contribution is -2.24. The molecule has 1 N–H and O–H groups in total. The average Bonchev–Trinajstić information content (AvgIpc) is 3.03. The number of nitrogens with zero attached hydrogens (tertiary/aromatic N) is 2. The number of halogens is 3. The summed E-state index contributed by atoms with van der Waals surface area (Å²) in [6, 6.07) is 17.2. The van der Waals surface area contributed by atoms with E-state index in [0.29, 0.717) is 35.7 Å². The zero-order valence-electron chi connectivity index (χ0n) is 16.1. The molecule has 31 heavy (non-hydrogen) atoms. The first-order valence-corrected chi connectivity index (χ1v) is 9.63. The third-order valence-electron chi connectivity index (χ3n) is 5.12. The highest BCUT2D eigenvalue weighted by atomic mass is 19.4. The number of benzene rings is 3. The van der Waals surface area contributed by atoms with Crippen molar-refractivity contribution in [2.24, 2.45) is 0 Å². The van der Waals surface area contributed by atoms with Crippen LogP contribution in [-0.2, 0) is 12.7 Å². The fourth-order valence-corrected chi connectivity index (χ4v) is 3.75. The van der Waals surface area contributed by atoms with Gasteiger partial charge in [0, 0.05) is 18.7 Å². The molecule has 1 aromatic heterocycles. The van der Waals surface area contributed by atoms with Gasteiger partial charge in [0.15, 0.2) is 0 Å². The standard InChI is InChI=1S/C23H16F3N3O2/c24-23(25,26)15-5-2-7-17(13-15)31-16-6-1-4-14(12-16)21-28-19-9-3-8-18-20(19)29(21)11-10-27-22(18)30/h1-9,12-13H,10-11H2,(H,27,30). The fraction of sp³-hybridized carbons (Fsp3) is 0.130. The molecule has 0 radical (unpaired) electrons. The number of para-hydroxylation sites is 1. The number of rotatable bonds is 3. The molecule has 2 heterocycles. The zero-order valence-corrected chi connectivity index (χ0v) is 16.1. The molecular formula is C23H16F3N3O2. The van der Waals surface area contributed by atoms with Crippen LogP contribution in [0.25, 0.3) is 22.4 Å². The van der Waals surface area contributed by atoms with E-state index in [1.807, 2.05) is 16.7 Å². The van der Waals surface area contributed by atoms with E-state index in [1.54, 1.807) is 30.3 Å². The Bertz CT molecular complexity index is 1310. The van der Waals surface area contributed by atoms with E-state index in [9.17, 15) is 18.0 Å². The number of nitrogens with one attached hydrogen (secondary N) is 1. The molecule has 0 saturated heterocycles. The van der Waals surface area contributed by atoms with Gasteiger partial charge in [-0.3, -0.25) is 4.79 Å². The molecule has 5 rings (SSSR count). The van der Waals surface area contributed by atoms with E-state index in [0.717, 1.165) is 23.2 Å². The maximum Gasteiger partial charge on any atom is 0.416 e. The molecule has 156 valence electrons. The molecule has 1 aliphatic heterocycles. The van der Waals surface area contributed by atoms with E-state index < -0.39 is 11.7 Å². The third-order valence-corrected chi connectivity index (χ3v) is 5.12. The smallest absolute Gasteiger partial charge is 0.416 e. The highest BCUT2D eigenvalue weighted by Gasteiger charge is 2.30. The van der Waals surface area contributed by atoms with Crippen LogP contribution in [0.15, 0.2) is 66.7 Å². The number of alkyl halides is 3. The first-order valence-electron chi connectivity index (χ1n) is 9.63. The molecule has 1 amide bonds. The van der Waals surface area contributed by atoms with Crippen molar-refractivity contribution in [3.63, 3.8) is 0 Å². The van der Waals surface area contributed by atoms with Gasteiger partial charge in [-0.15, -0.1) is 0 Å². The van der Waals surface area contributed by atoms with Crippen molar-refractivity contribution in [1.82, 2.24) is 14.9 Å². The first kappa shape index (κ1) is 19.2. The summed E-state index contributed by atoms with van der Waals surface area (Å²) in [5, 5.41) is 2.87. The molecule has 1 aliphatic rings. The van der Waals surface area contributed by atoms with Crippen molar-refractivity contribution in [3.8, 4) is 22.9 Å². The summed E-state index contributed by atoms with van der Waals surface area (Å²) < 4.78 is 46.6. The van der Waals surface area contributed by atoms with Crippen LogP contribution in [0.5, 0.6) is 11.5 Å². The van der Waals surface area contributed by atoms with Crippen LogP contribution in [0.1, 0.15) is 15.9 Å². The Balaban J connectivity index is 1.54. The minimum Gasteiger partial charge on any atom is -0.457 e. The largest absolute Gasteiger partial charge is 0.457 e. The number of ether oxygens (including phenoxy) is 1. The first-order chi connectivity index (χ1) is 14.9. The van der Waals surface area contributed by atoms with Crippen molar-refractivity contribution in [3.05, 3.63) is 77.9 Å². The Morgan fingerprint density at radius 2 is 1.71 bits per heavy atom. The van der Waals surface area contributed by atoms with Crippen molar-refractivity contribution >= 4 is 16.9 Å². The van der Waals surface area contributed by atoms with Gasteiger partial charge in [0.2, 0.25) is 0 Å². The van der Waals surface area contributed by atoms with E-state index in [2.05, 4.69) is 5.32 Å². The van der Waals surface area contributed by atoms with Crippen molar-refractivity contribution in [2.45, 2.75) is 12.7 Å². The van der Waals surface area contributed by atoms with Gasteiger partial charge in [0.25, 0.3) is 5.91 Å². The monoisotopic (exact) mass is 423 g/mol. The lowest BCUT2D eigenvalue weighted by Gasteiger charge is -2.11. The fourth-order valence-electron chi connectivity index (χ4n) is 3.75. The quantitative estimate of drug-likeness (QED) is 0.489. The normalized spacial score (nSPS) is 13.7. The number of hydrogen-bond acceptors (Lipinski definition) is 3. The van der Waals surface area contributed by atoms with Gasteiger partial charge in [-0.05, 0) is 42.5 Å². The Morgan fingerprint density at radius 1 is 0.968 bits per heavy atom. The molecule has 5 nitrogen and oxygen atoms in total. The highest BCUT2D eigenvalue weighted by molar-refractivity contribution is 6.06. The summed E-state index contributed by atoms with van der Waals surface area (Å²) in [4.78, 5) is 17.0. The van der Waals surface area contributed by atoms with Gasteiger partial charge in [-0.2, -0.15) is 13.2 Å². The van der Waals surface area contributed by atoms with Crippen LogP contribution in [-0.4, -0.2) is 22.0 Å². The van der Waals surface area contributed by atoms with Gasteiger partial charge >= 0.3 is 6.18 Å². The molecule has 0 bridgehead atoms. The molecule has 0 spiro atoms. The van der Waals surface area contributed by atoms with Crippen molar-refractivity contribution < 1.29 is 22.7 Å². The molecule has 0 unspecified atom stereocenters. The summed E-state index contributed by atoms with van der Waals surface area (Å²) >= 11 is 0. The maximum atomic E-state index is 13.0. The Hall–Kier alpha value is -3.81. The van der Waals surface area contributed by atoms with E-state index >= 15 is 0 Å². The van der Waals surface area contributed by atoms with Gasteiger partial charge in [0.1, 0.15) is 17.3 Å². The Kier molecular flexibility index (Phi) is 4.43. The SMILES string of the molecule is O=C1NCCn2c(-c3cccc(Oc4cccc(C(F)(F)F)c4)c3)nc3cccc1c32. The summed E-state index contributed by atoms with van der Waals surface area (Å²) in [5.74, 6) is 1.00. The summed E-state index contributed by atoms with van der Waals surface area (Å²) in [6.07, 6.45) is -4.44. The molecule has 0 saturated carbocycles. The molecule has 0 aliphatic carbocycles. The van der Waals surface area contributed by atoms with E-state index in [1.165, 1.54) is 12.1 Å². The molecule has 4 aromatic rings. The van der Waals surface area contributed by atoms with Crippen LogP contribution in [0.4, 0.5) is 13.2 Å². The number of carbonyl (C=O) groups excluding carboxylic acids is 1. The van der Waals surface area contributed by atoms with E-state index in [4.69, 9.17) is 9.72 Å². The molecule has 0 fully saturated rings. The Morgan fingerprint density at radius 3 is 2.52 bits per heavy atom. The zero-order chi connectivity index (χ0) is 21.6. The lowest BCUT2D eigenvalue weighted by atomic mass is 10.1. The number of imidazole rings is 1. The molecule has 8 heteroatoms. The van der Waals surface area contributed by atoms with Crippen molar-refractivity contribution in [2.75, 3.05) is 6.54 Å². The van der Waals surface area contributed by atoms with E-state index in [-0.39, 0.29) is 11.7 Å². The summed E-state index contributed by atoms with van der Waals surface area (Å²) in [5.41, 5.74) is 1.99. The predicted molar refractivity (Wildman–Crippen MR) is 109 cm³/mol.